The number of ether oxygens (including phenoxy) is 1. The molecule has 0 amide bonds. The molecule has 0 aliphatic heterocycles. The zero-order chi connectivity index (χ0) is 27.6. The van der Waals surface area contributed by atoms with E-state index in [-0.39, 0.29) is 61.1 Å². The molecule has 5 N–H and O–H groups in total. The standard InChI is InChI=1S/C23H33N6O7PS/c1-23(2,14-30)21(32)38-13-12-36-37(33,26-9-8-17-6-4-3-5-7-17)35-11-10-34-16-29-15-25-18-19(29)27-22(24)28-20(18)31/h3-7,15,30H,8-14,16H2,1-2H3,(H,26,33)(H3,24,27,28,31). The molecule has 208 valence electrons. The summed E-state index contributed by atoms with van der Waals surface area (Å²) in [5, 5.41) is 12.0. The van der Waals surface area contributed by atoms with E-state index in [0.29, 0.717) is 13.0 Å². The van der Waals surface area contributed by atoms with E-state index in [4.69, 9.17) is 19.5 Å². The summed E-state index contributed by atoms with van der Waals surface area (Å²) in [4.78, 5) is 34.5. The maximum atomic E-state index is 13.3. The van der Waals surface area contributed by atoms with Crippen molar-refractivity contribution in [2.75, 3.05) is 44.5 Å². The highest BCUT2D eigenvalue weighted by molar-refractivity contribution is 8.13. The van der Waals surface area contributed by atoms with Crippen molar-refractivity contribution in [3.63, 3.8) is 0 Å². The number of benzene rings is 1. The van der Waals surface area contributed by atoms with Crippen LogP contribution in [0.4, 0.5) is 5.95 Å². The summed E-state index contributed by atoms with van der Waals surface area (Å²) in [5.74, 6) is 0.210. The molecule has 0 bridgehead atoms. The molecule has 0 aliphatic rings. The van der Waals surface area contributed by atoms with Gasteiger partial charge in [0.05, 0.1) is 38.2 Å². The number of carbonyl (C=O) groups excluding carboxylic acids is 1. The molecule has 2 heterocycles. The first-order valence-corrected chi connectivity index (χ1v) is 14.4. The lowest BCUT2D eigenvalue weighted by atomic mass is 9.97. The predicted octanol–water partition coefficient (Wildman–Crippen LogP) is 1.93. The first-order chi connectivity index (χ1) is 18.1. The number of aromatic nitrogens is 4. The third kappa shape index (κ3) is 8.73. The first-order valence-electron chi connectivity index (χ1n) is 11.9. The molecule has 15 heteroatoms. The number of hydrogen-bond acceptors (Lipinski definition) is 11. The van der Waals surface area contributed by atoms with Crippen LogP contribution in [0.2, 0.25) is 0 Å². The van der Waals surface area contributed by atoms with Gasteiger partial charge in [0.1, 0.15) is 6.73 Å². The molecule has 0 saturated heterocycles. The zero-order valence-electron chi connectivity index (χ0n) is 21.3. The van der Waals surface area contributed by atoms with E-state index >= 15 is 0 Å². The number of hydrogen-bond donors (Lipinski definition) is 4. The van der Waals surface area contributed by atoms with Gasteiger partial charge in [-0.1, -0.05) is 42.1 Å². The molecule has 3 rings (SSSR count). The van der Waals surface area contributed by atoms with Gasteiger partial charge in [-0.15, -0.1) is 0 Å². The third-order valence-electron chi connectivity index (χ3n) is 5.30. The quantitative estimate of drug-likeness (QED) is 0.146. The van der Waals surface area contributed by atoms with E-state index in [9.17, 15) is 19.3 Å². The van der Waals surface area contributed by atoms with E-state index < -0.39 is 18.7 Å². The SMILES string of the molecule is CC(C)(CO)C(=O)SCCOP(=O)(NCCc1ccccc1)OCCOCn1cnc2c(=O)[nH]c(N)nc21. The number of thioether (sulfide) groups is 1. The Balaban J connectivity index is 1.50. The van der Waals surface area contributed by atoms with Gasteiger partial charge in [-0.3, -0.25) is 28.2 Å². The average molecular weight is 569 g/mol. The van der Waals surface area contributed by atoms with E-state index in [1.165, 1.54) is 10.9 Å². The predicted molar refractivity (Wildman–Crippen MR) is 145 cm³/mol. The van der Waals surface area contributed by atoms with Crippen molar-refractivity contribution in [3.8, 4) is 0 Å². The summed E-state index contributed by atoms with van der Waals surface area (Å²) in [6, 6.07) is 9.68. The topological polar surface area (TPSA) is 184 Å². The van der Waals surface area contributed by atoms with Crippen LogP contribution in [0.15, 0.2) is 41.5 Å². The zero-order valence-corrected chi connectivity index (χ0v) is 23.0. The maximum Gasteiger partial charge on any atom is 0.405 e. The largest absolute Gasteiger partial charge is 0.405 e. The first kappa shape index (κ1) is 30.0. The summed E-state index contributed by atoms with van der Waals surface area (Å²) >= 11 is 1.00. The molecule has 0 fully saturated rings. The number of nitrogens with zero attached hydrogens (tertiary/aromatic N) is 3. The Kier molecular flexibility index (Phi) is 11.0. The minimum absolute atomic E-state index is 0.00293. The second-order valence-electron chi connectivity index (χ2n) is 8.86. The lowest BCUT2D eigenvalue weighted by Crippen LogP contribution is -2.26. The van der Waals surface area contributed by atoms with Crippen LogP contribution in [0.25, 0.3) is 11.2 Å². The van der Waals surface area contributed by atoms with Crippen molar-refractivity contribution in [2.45, 2.75) is 27.0 Å². The highest BCUT2D eigenvalue weighted by Crippen LogP contribution is 2.43. The summed E-state index contributed by atoms with van der Waals surface area (Å²) in [6.07, 6.45) is 2.01. The smallest absolute Gasteiger partial charge is 0.395 e. The van der Waals surface area contributed by atoms with Gasteiger partial charge >= 0.3 is 7.75 Å². The van der Waals surface area contributed by atoms with Crippen LogP contribution >= 0.6 is 19.5 Å². The van der Waals surface area contributed by atoms with Crippen molar-refractivity contribution in [3.05, 3.63) is 52.6 Å². The maximum absolute atomic E-state index is 13.3. The molecular weight excluding hydrogens is 535 g/mol. The van der Waals surface area contributed by atoms with Crippen LogP contribution in [0, 0.1) is 5.41 Å². The number of aliphatic hydroxyl groups excluding tert-OH is 1. The number of nitrogens with one attached hydrogen (secondary N) is 2. The number of aromatic amines is 1. The molecule has 1 unspecified atom stereocenters. The van der Waals surface area contributed by atoms with Crippen LogP contribution in [0.1, 0.15) is 19.4 Å². The fourth-order valence-electron chi connectivity index (χ4n) is 3.11. The van der Waals surface area contributed by atoms with Crippen LogP contribution in [-0.2, 0) is 36.3 Å². The number of imidazole rings is 1. The molecule has 1 aromatic carbocycles. The van der Waals surface area contributed by atoms with Gasteiger partial charge in [0, 0.05) is 12.3 Å². The van der Waals surface area contributed by atoms with Crippen LogP contribution < -0.4 is 16.4 Å². The normalized spacial score (nSPS) is 13.6. The van der Waals surface area contributed by atoms with Crippen molar-refractivity contribution in [1.82, 2.24) is 24.6 Å². The van der Waals surface area contributed by atoms with Gasteiger partial charge in [0.15, 0.2) is 16.3 Å². The van der Waals surface area contributed by atoms with Crippen molar-refractivity contribution in [2.24, 2.45) is 5.41 Å². The Hall–Kier alpha value is -2.58. The monoisotopic (exact) mass is 568 g/mol. The molecule has 3 aromatic rings. The van der Waals surface area contributed by atoms with Crippen molar-refractivity contribution in [1.29, 1.82) is 0 Å². The van der Waals surface area contributed by atoms with E-state index in [0.717, 1.165) is 17.3 Å². The lowest BCUT2D eigenvalue weighted by molar-refractivity contribution is -0.119. The molecule has 2 aromatic heterocycles. The third-order valence-corrected chi connectivity index (χ3v) is 8.14. The summed E-state index contributed by atoms with van der Waals surface area (Å²) < 4.78 is 31.5. The van der Waals surface area contributed by atoms with Gasteiger partial charge in [-0.05, 0) is 25.8 Å². The molecular formula is C23H33N6O7PS. The minimum Gasteiger partial charge on any atom is -0.395 e. The Bertz CT molecular complexity index is 1300. The lowest BCUT2D eigenvalue weighted by Gasteiger charge is -2.21. The number of nitrogens with two attached hydrogens (primary N) is 1. The second-order valence-corrected chi connectivity index (χ2v) is 11.8. The van der Waals surface area contributed by atoms with E-state index in [1.54, 1.807) is 13.8 Å². The number of carbonyl (C=O) groups is 1. The van der Waals surface area contributed by atoms with Gasteiger partial charge in [0.2, 0.25) is 5.95 Å². The van der Waals surface area contributed by atoms with Gasteiger partial charge in [0.25, 0.3) is 5.56 Å². The number of rotatable bonds is 16. The molecule has 0 radical (unpaired) electrons. The highest BCUT2D eigenvalue weighted by Gasteiger charge is 2.28. The fourth-order valence-corrected chi connectivity index (χ4v) is 5.33. The molecule has 0 spiro atoms. The molecule has 0 aliphatic carbocycles. The number of nitrogen functional groups attached to an aromatic ring is 1. The molecule has 0 saturated carbocycles. The summed E-state index contributed by atoms with van der Waals surface area (Å²) in [5.41, 5.74) is 5.75. The van der Waals surface area contributed by atoms with Gasteiger partial charge < -0.3 is 15.6 Å². The Morgan fingerprint density at radius 3 is 2.71 bits per heavy atom. The van der Waals surface area contributed by atoms with Crippen molar-refractivity contribution < 1.29 is 28.3 Å². The number of aliphatic hydroxyl groups is 1. The van der Waals surface area contributed by atoms with E-state index in [2.05, 4.69) is 20.0 Å². The Morgan fingerprint density at radius 2 is 1.97 bits per heavy atom. The molecule has 13 nitrogen and oxygen atoms in total. The minimum atomic E-state index is -3.71. The van der Waals surface area contributed by atoms with Gasteiger partial charge in [-0.25, -0.2) is 14.6 Å². The average Bonchev–Trinajstić information content (AvgIpc) is 3.30. The number of H-pyrrole nitrogens is 1. The highest BCUT2D eigenvalue weighted by atomic mass is 32.2. The fraction of sp³-hybridized carbons (Fsp3) is 0.478. The van der Waals surface area contributed by atoms with Crippen molar-refractivity contribution >= 4 is 41.7 Å². The number of anilines is 1. The number of fused-ring (bicyclic) bond motifs is 1. The van der Waals surface area contributed by atoms with E-state index in [1.807, 2.05) is 30.3 Å². The molecule has 38 heavy (non-hydrogen) atoms. The van der Waals surface area contributed by atoms with Crippen LogP contribution in [0.5, 0.6) is 0 Å². The van der Waals surface area contributed by atoms with Crippen LogP contribution in [0.3, 0.4) is 0 Å². The summed E-state index contributed by atoms with van der Waals surface area (Å²) in [7, 11) is -3.71. The van der Waals surface area contributed by atoms with Crippen LogP contribution in [-0.4, -0.2) is 68.5 Å². The molecule has 1 atom stereocenters. The Labute approximate surface area is 224 Å². The Morgan fingerprint density at radius 1 is 1.24 bits per heavy atom. The second kappa shape index (κ2) is 14.0. The van der Waals surface area contributed by atoms with Gasteiger partial charge in [-0.2, -0.15) is 4.98 Å². The summed E-state index contributed by atoms with van der Waals surface area (Å²) in [6.45, 7) is 3.40.